The van der Waals surface area contributed by atoms with Crippen LogP contribution in [0.15, 0.2) is 35.1 Å². The molecule has 0 aliphatic carbocycles. The Morgan fingerprint density at radius 3 is 2.75 bits per heavy atom. The number of ether oxygens (including phenoxy) is 1. The van der Waals surface area contributed by atoms with E-state index in [1.807, 2.05) is 6.92 Å². The third-order valence-corrected chi connectivity index (χ3v) is 6.13. The summed E-state index contributed by atoms with van der Waals surface area (Å²) in [7, 11) is 0. The zero-order valence-corrected chi connectivity index (χ0v) is 20.2. The van der Waals surface area contributed by atoms with E-state index in [-0.39, 0.29) is 12.1 Å². The van der Waals surface area contributed by atoms with Crippen LogP contribution >= 0.6 is 0 Å². The predicted molar refractivity (Wildman–Crippen MR) is 132 cm³/mol. The van der Waals surface area contributed by atoms with Crippen molar-refractivity contribution in [2.45, 2.75) is 39.0 Å². The highest BCUT2D eigenvalue weighted by atomic mass is 19.1. The first kappa shape index (κ1) is 25.1. The third kappa shape index (κ3) is 6.36. The summed E-state index contributed by atoms with van der Waals surface area (Å²) < 4.78 is 25.0. The minimum atomic E-state index is -0.632. The number of benzene rings is 1. The lowest BCUT2D eigenvalue weighted by Crippen LogP contribution is -2.34. The monoisotopic (exact) mass is 492 g/mol. The highest BCUT2D eigenvalue weighted by Crippen LogP contribution is 2.25. The maximum absolute atomic E-state index is 14.2. The molecule has 4 rings (SSSR count). The largest absolute Gasteiger partial charge is 0.493 e. The number of hydrogen-bond donors (Lipinski definition) is 1. The van der Waals surface area contributed by atoms with E-state index >= 15 is 0 Å². The standard InChI is InChI=1S/C26H29FN6O3/c1-3-11-28-25(34)21-8-7-20(15-22(21)27)35-14-5-6-18-9-12-33(13-10-18)26-29-16-19(17-30-26)24-31-23(4-2)36-32-24/h1,7-8,15-18H,4-6,9-14H2,2H3,(H,28,34). The number of nitrogens with one attached hydrogen (secondary N) is 1. The van der Waals surface area contributed by atoms with Gasteiger partial charge in [0.15, 0.2) is 0 Å². The van der Waals surface area contributed by atoms with Gasteiger partial charge >= 0.3 is 0 Å². The molecule has 3 aromatic rings. The van der Waals surface area contributed by atoms with Gasteiger partial charge in [-0.2, -0.15) is 4.98 Å². The molecule has 188 valence electrons. The van der Waals surface area contributed by atoms with E-state index in [1.54, 1.807) is 18.5 Å². The van der Waals surface area contributed by atoms with E-state index in [1.165, 1.54) is 12.1 Å². The summed E-state index contributed by atoms with van der Waals surface area (Å²) >= 11 is 0. The van der Waals surface area contributed by atoms with Crippen molar-refractivity contribution in [2.24, 2.45) is 5.92 Å². The fourth-order valence-corrected chi connectivity index (χ4v) is 4.10. The Morgan fingerprint density at radius 2 is 2.08 bits per heavy atom. The van der Waals surface area contributed by atoms with E-state index < -0.39 is 11.7 Å². The summed E-state index contributed by atoms with van der Waals surface area (Å²) in [4.78, 5) is 27.4. The zero-order valence-electron chi connectivity index (χ0n) is 20.2. The Hall–Kier alpha value is -4.00. The molecule has 0 spiro atoms. The van der Waals surface area contributed by atoms with Gasteiger partial charge < -0.3 is 19.5 Å². The van der Waals surface area contributed by atoms with Crippen molar-refractivity contribution in [2.75, 3.05) is 31.1 Å². The number of piperidine rings is 1. The van der Waals surface area contributed by atoms with Crippen LogP contribution in [0.3, 0.4) is 0 Å². The van der Waals surface area contributed by atoms with E-state index in [2.05, 4.69) is 36.2 Å². The van der Waals surface area contributed by atoms with Crippen LogP contribution in [-0.4, -0.2) is 52.3 Å². The van der Waals surface area contributed by atoms with Crippen molar-refractivity contribution in [3.05, 3.63) is 47.9 Å². The topological polar surface area (TPSA) is 106 Å². The highest BCUT2D eigenvalue weighted by Gasteiger charge is 2.21. The molecule has 0 bridgehead atoms. The zero-order chi connectivity index (χ0) is 25.3. The van der Waals surface area contributed by atoms with E-state index in [0.717, 1.165) is 44.3 Å². The number of aryl methyl sites for hydroxylation is 1. The molecule has 1 aromatic carbocycles. The molecule has 3 heterocycles. The number of amides is 1. The lowest BCUT2D eigenvalue weighted by Gasteiger charge is -2.32. The van der Waals surface area contributed by atoms with Gasteiger partial charge in [0, 0.05) is 38.0 Å². The number of hydrogen-bond acceptors (Lipinski definition) is 8. The Bertz CT molecular complexity index is 1200. The number of nitrogens with zero attached hydrogens (tertiary/aromatic N) is 5. The first-order chi connectivity index (χ1) is 17.6. The van der Waals surface area contributed by atoms with E-state index in [0.29, 0.717) is 42.4 Å². The molecule has 0 saturated carbocycles. The maximum Gasteiger partial charge on any atom is 0.255 e. The molecule has 0 atom stereocenters. The molecule has 0 unspecified atom stereocenters. The van der Waals surface area contributed by atoms with E-state index in [9.17, 15) is 9.18 Å². The minimum absolute atomic E-state index is 0.0517. The maximum atomic E-state index is 14.2. The molecular weight excluding hydrogens is 463 g/mol. The Morgan fingerprint density at radius 1 is 1.31 bits per heavy atom. The SMILES string of the molecule is C#CCNC(=O)c1ccc(OCCCC2CCN(c3ncc(-c4noc(CC)n4)cn3)CC2)cc1F. The molecule has 36 heavy (non-hydrogen) atoms. The van der Waals surface area contributed by atoms with Crippen LogP contribution in [-0.2, 0) is 6.42 Å². The van der Waals surface area contributed by atoms with Crippen LogP contribution in [0, 0.1) is 24.1 Å². The summed E-state index contributed by atoms with van der Waals surface area (Å²) in [6, 6.07) is 4.24. The van der Waals surface area contributed by atoms with Gasteiger partial charge in [-0.05, 0) is 43.7 Å². The number of aromatic nitrogens is 4. The summed E-state index contributed by atoms with van der Waals surface area (Å²) in [5.74, 6) is 3.91. The second-order valence-corrected chi connectivity index (χ2v) is 8.59. The molecule has 10 heteroatoms. The average molecular weight is 493 g/mol. The molecule has 1 aliphatic heterocycles. The van der Waals surface area contributed by atoms with Gasteiger partial charge in [-0.1, -0.05) is 18.0 Å². The number of carbonyl (C=O) groups excluding carboxylic acids is 1. The van der Waals surface area contributed by atoms with E-state index in [4.69, 9.17) is 15.7 Å². The van der Waals surface area contributed by atoms with Crippen molar-refractivity contribution in [1.29, 1.82) is 0 Å². The van der Waals surface area contributed by atoms with Crippen LogP contribution in [0.1, 0.15) is 48.9 Å². The predicted octanol–water partition coefficient (Wildman–Crippen LogP) is 3.67. The number of rotatable bonds is 10. The summed E-state index contributed by atoms with van der Waals surface area (Å²) in [5, 5.41) is 6.41. The molecular formula is C26H29FN6O3. The Balaban J connectivity index is 1.17. The number of halogens is 1. The molecule has 1 N–H and O–H groups in total. The van der Waals surface area contributed by atoms with Crippen molar-refractivity contribution in [3.8, 4) is 29.5 Å². The van der Waals surface area contributed by atoms with Crippen LogP contribution < -0.4 is 15.0 Å². The van der Waals surface area contributed by atoms with Gasteiger partial charge in [-0.3, -0.25) is 4.79 Å². The molecule has 1 saturated heterocycles. The second-order valence-electron chi connectivity index (χ2n) is 8.59. The van der Waals surface area contributed by atoms with Crippen LogP contribution in [0.4, 0.5) is 10.3 Å². The van der Waals surface area contributed by atoms with Gasteiger partial charge in [0.25, 0.3) is 5.91 Å². The van der Waals surface area contributed by atoms with Gasteiger partial charge in [-0.15, -0.1) is 6.42 Å². The molecule has 1 aliphatic rings. The molecule has 0 radical (unpaired) electrons. The van der Waals surface area contributed by atoms with Crippen molar-refractivity contribution < 1.29 is 18.4 Å². The van der Waals surface area contributed by atoms with Crippen LogP contribution in [0.5, 0.6) is 5.75 Å². The number of anilines is 1. The third-order valence-electron chi connectivity index (χ3n) is 6.13. The van der Waals surface area contributed by atoms with Crippen molar-refractivity contribution in [3.63, 3.8) is 0 Å². The fraction of sp³-hybridized carbons (Fsp3) is 0.423. The summed E-state index contributed by atoms with van der Waals surface area (Å²) in [5.41, 5.74) is 0.683. The number of carbonyl (C=O) groups is 1. The average Bonchev–Trinajstić information content (AvgIpc) is 3.40. The van der Waals surface area contributed by atoms with Gasteiger partial charge in [0.1, 0.15) is 11.6 Å². The Kier molecular flexibility index (Phi) is 8.44. The summed E-state index contributed by atoms with van der Waals surface area (Å²) in [6.45, 7) is 4.28. The molecule has 1 amide bonds. The number of terminal acetylenes is 1. The molecule has 9 nitrogen and oxygen atoms in total. The van der Waals surface area contributed by atoms with Gasteiger partial charge in [0.05, 0.1) is 24.3 Å². The second kappa shape index (κ2) is 12.1. The highest BCUT2D eigenvalue weighted by molar-refractivity contribution is 5.94. The first-order valence-corrected chi connectivity index (χ1v) is 12.1. The lowest BCUT2D eigenvalue weighted by molar-refractivity contribution is 0.0954. The van der Waals surface area contributed by atoms with Crippen molar-refractivity contribution >= 4 is 11.9 Å². The fourth-order valence-electron chi connectivity index (χ4n) is 4.10. The van der Waals surface area contributed by atoms with Crippen molar-refractivity contribution in [1.82, 2.24) is 25.4 Å². The molecule has 1 fully saturated rings. The first-order valence-electron chi connectivity index (χ1n) is 12.1. The minimum Gasteiger partial charge on any atom is -0.493 e. The van der Waals surface area contributed by atoms with Crippen LogP contribution in [0.25, 0.3) is 11.4 Å². The normalized spacial score (nSPS) is 13.9. The van der Waals surface area contributed by atoms with Gasteiger partial charge in [0.2, 0.25) is 17.7 Å². The smallest absolute Gasteiger partial charge is 0.255 e. The van der Waals surface area contributed by atoms with Gasteiger partial charge in [-0.25, -0.2) is 14.4 Å². The Labute approximate surface area is 209 Å². The lowest BCUT2D eigenvalue weighted by atomic mass is 9.92. The summed E-state index contributed by atoms with van der Waals surface area (Å²) in [6.07, 6.45) is 13.2. The van der Waals surface area contributed by atoms with Crippen LogP contribution in [0.2, 0.25) is 0 Å². The molecule has 2 aromatic heterocycles. The quantitative estimate of drug-likeness (QED) is 0.338.